The van der Waals surface area contributed by atoms with Crippen molar-refractivity contribution in [3.8, 4) is 11.5 Å². The molecule has 114 valence electrons. The van der Waals surface area contributed by atoms with Crippen LogP contribution in [0.2, 0.25) is 0 Å². The maximum absolute atomic E-state index is 10.1. The minimum absolute atomic E-state index is 0.134. The summed E-state index contributed by atoms with van der Waals surface area (Å²) in [6, 6.07) is 3.68. The number of methoxy groups -OCH3 is 1. The monoisotopic (exact) mass is 292 g/mol. The van der Waals surface area contributed by atoms with Crippen LogP contribution in [0.25, 0.3) is 0 Å². The zero-order valence-electron chi connectivity index (χ0n) is 12.5. The summed E-state index contributed by atoms with van der Waals surface area (Å²) in [6.45, 7) is 2.75. The molecule has 2 aliphatic rings. The van der Waals surface area contributed by atoms with Crippen LogP contribution >= 0.6 is 0 Å². The van der Waals surface area contributed by atoms with Crippen molar-refractivity contribution in [2.45, 2.75) is 45.0 Å². The molecule has 5 nitrogen and oxygen atoms in total. The zero-order chi connectivity index (χ0) is 14.8. The van der Waals surface area contributed by atoms with E-state index in [1.54, 1.807) is 7.11 Å². The Kier molecular flexibility index (Phi) is 4.38. The van der Waals surface area contributed by atoms with Crippen LogP contribution in [0.15, 0.2) is 12.1 Å². The van der Waals surface area contributed by atoms with E-state index in [-0.39, 0.29) is 12.4 Å². The lowest BCUT2D eigenvalue weighted by molar-refractivity contribution is -0.105. The predicted molar refractivity (Wildman–Crippen MR) is 78.9 cm³/mol. The van der Waals surface area contributed by atoms with Gasteiger partial charge < -0.3 is 23.9 Å². The summed E-state index contributed by atoms with van der Waals surface area (Å²) in [5.74, 6) is 1.35. The standard InChI is InChI=1S/C15H21BO5/c1-3-12-15-11(16(17)21-12)8-10(9-13(15)18-2)20-14-6-4-5-7-19-14/h8-9,12,14,17H,3-7H2,1-2H3. The van der Waals surface area contributed by atoms with Crippen molar-refractivity contribution in [3.63, 3.8) is 0 Å². The van der Waals surface area contributed by atoms with Gasteiger partial charge in [-0.1, -0.05) is 6.92 Å². The summed E-state index contributed by atoms with van der Waals surface area (Å²) < 4.78 is 22.5. The van der Waals surface area contributed by atoms with Crippen molar-refractivity contribution in [1.82, 2.24) is 0 Å². The molecule has 21 heavy (non-hydrogen) atoms. The van der Waals surface area contributed by atoms with Crippen LogP contribution in [-0.2, 0) is 9.39 Å². The lowest BCUT2D eigenvalue weighted by atomic mass is 9.78. The number of fused-ring (bicyclic) bond motifs is 1. The first-order valence-corrected chi connectivity index (χ1v) is 7.56. The van der Waals surface area contributed by atoms with E-state index >= 15 is 0 Å². The van der Waals surface area contributed by atoms with Crippen LogP contribution in [-0.4, -0.2) is 32.1 Å². The number of rotatable bonds is 4. The first-order chi connectivity index (χ1) is 10.2. The third kappa shape index (κ3) is 2.88. The van der Waals surface area contributed by atoms with Gasteiger partial charge >= 0.3 is 7.12 Å². The highest BCUT2D eigenvalue weighted by Gasteiger charge is 2.37. The topological polar surface area (TPSA) is 57.2 Å². The molecule has 1 N–H and O–H groups in total. The Labute approximate surface area is 125 Å². The summed E-state index contributed by atoms with van der Waals surface area (Å²) in [5, 5.41) is 10.1. The van der Waals surface area contributed by atoms with Crippen molar-refractivity contribution in [2.75, 3.05) is 13.7 Å². The van der Waals surface area contributed by atoms with Gasteiger partial charge in [-0.15, -0.1) is 0 Å². The Morgan fingerprint density at radius 1 is 1.38 bits per heavy atom. The van der Waals surface area contributed by atoms with Crippen molar-refractivity contribution >= 4 is 12.6 Å². The van der Waals surface area contributed by atoms with Crippen LogP contribution in [0.5, 0.6) is 11.5 Å². The molecule has 1 aromatic rings. The maximum atomic E-state index is 10.1. The fourth-order valence-corrected chi connectivity index (χ4v) is 2.96. The molecule has 1 aromatic carbocycles. The molecule has 0 aromatic heterocycles. The smallest absolute Gasteiger partial charge is 0.492 e. The third-order valence-electron chi connectivity index (χ3n) is 4.02. The summed E-state index contributed by atoms with van der Waals surface area (Å²) in [5.41, 5.74) is 1.65. The summed E-state index contributed by atoms with van der Waals surface area (Å²) in [4.78, 5) is 0. The van der Waals surface area contributed by atoms with E-state index in [0.29, 0.717) is 11.5 Å². The van der Waals surface area contributed by atoms with E-state index in [2.05, 4.69) is 0 Å². The molecular formula is C15H21BO5. The predicted octanol–water partition coefficient (Wildman–Crippen LogP) is 1.77. The van der Waals surface area contributed by atoms with Gasteiger partial charge in [0, 0.05) is 18.1 Å². The van der Waals surface area contributed by atoms with E-state index in [1.807, 2.05) is 19.1 Å². The second-order valence-electron chi connectivity index (χ2n) is 5.43. The molecule has 0 spiro atoms. The van der Waals surface area contributed by atoms with Gasteiger partial charge in [0.25, 0.3) is 0 Å². The van der Waals surface area contributed by atoms with Gasteiger partial charge in [0.2, 0.25) is 0 Å². The number of hydrogen-bond donors (Lipinski definition) is 1. The fourth-order valence-electron chi connectivity index (χ4n) is 2.96. The van der Waals surface area contributed by atoms with E-state index in [1.165, 1.54) is 0 Å². The van der Waals surface area contributed by atoms with Gasteiger partial charge in [0.1, 0.15) is 11.5 Å². The van der Waals surface area contributed by atoms with Gasteiger partial charge in [-0.25, -0.2) is 0 Å². The third-order valence-corrected chi connectivity index (χ3v) is 4.02. The van der Waals surface area contributed by atoms with Crippen LogP contribution < -0.4 is 14.9 Å². The largest absolute Gasteiger partial charge is 0.496 e. The van der Waals surface area contributed by atoms with Crippen molar-refractivity contribution in [1.29, 1.82) is 0 Å². The molecule has 1 fully saturated rings. The molecule has 2 aliphatic heterocycles. The van der Waals surface area contributed by atoms with Crippen molar-refractivity contribution in [3.05, 3.63) is 17.7 Å². The summed E-state index contributed by atoms with van der Waals surface area (Å²) in [7, 11) is 0.697. The molecule has 0 aliphatic carbocycles. The Morgan fingerprint density at radius 2 is 2.24 bits per heavy atom. The SMILES string of the molecule is CCC1OB(O)c2cc(OC3CCCCO3)cc(OC)c21. The molecule has 0 radical (unpaired) electrons. The molecule has 0 bridgehead atoms. The molecular weight excluding hydrogens is 271 g/mol. The second kappa shape index (κ2) is 6.26. The Hall–Kier alpha value is -1.24. The second-order valence-corrected chi connectivity index (χ2v) is 5.43. The maximum Gasteiger partial charge on any atom is 0.492 e. The zero-order valence-corrected chi connectivity index (χ0v) is 12.5. The highest BCUT2D eigenvalue weighted by Crippen LogP contribution is 2.36. The Balaban J connectivity index is 1.88. The van der Waals surface area contributed by atoms with Crippen LogP contribution in [0.4, 0.5) is 0 Å². The van der Waals surface area contributed by atoms with Gasteiger partial charge in [-0.3, -0.25) is 0 Å². The molecule has 0 amide bonds. The van der Waals surface area contributed by atoms with E-state index in [0.717, 1.165) is 43.3 Å². The Bertz CT molecular complexity index is 501. The molecule has 3 rings (SSSR count). The molecule has 1 saturated heterocycles. The summed E-state index contributed by atoms with van der Waals surface area (Å²) >= 11 is 0. The fraction of sp³-hybridized carbons (Fsp3) is 0.600. The highest BCUT2D eigenvalue weighted by atomic mass is 16.7. The minimum Gasteiger partial charge on any atom is -0.496 e. The van der Waals surface area contributed by atoms with Crippen LogP contribution in [0.1, 0.15) is 44.3 Å². The first-order valence-electron chi connectivity index (χ1n) is 7.56. The van der Waals surface area contributed by atoms with Crippen molar-refractivity contribution in [2.24, 2.45) is 0 Å². The lowest BCUT2D eigenvalue weighted by Gasteiger charge is -2.24. The average molecular weight is 292 g/mol. The molecule has 0 saturated carbocycles. The number of benzene rings is 1. The van der Waals surface area contributed by atoms with E-state index in [4.69, 9.17) is 18.9 Å². The van der Waals surface area contributed by atoms with Crippen LogP contribution in [0, 0.1) is 0 Å². The van der Waals surface area contributed by atoms with Gasteiger partial charge in [0.05, 0.1) is 19.8 Å². The normalized spacial score (nSPS) is 24.8. The summed E-state index contributed by atoms with van der Waals surface area (Å²) in [6.07, 6.45) is 3.50. The molecule has 2 unspecified atom stereocenters. The highest BCUT2D eigenvalue weighted by molar-refractivity contribution is 6.62. The lowest BCUT2D eigenvalue weighted by Crippen LogP contribution is -2.29. The first kappa shape index (κ1) is 14.7. The average Bonchev–Trinajstić information content (AvgIpc) is 2.84. The van der Waals surface area contributed by atoms with Gasteiger partial charge in [-0.2, -0.15) is 0 Å². The van der Waals surface area contributed by atoms with Crippen LogP contribution in [0.3, 0.4) is 0 Å². The molecule has 2 atom stereocenters. The molecule has 6 heteroatoms. The molecule has 2 heterocycles. The van der Waals surface area contributed by atoms with E-state index in [9.17, 15) is 5.02 Å². The van der Waals surface area contributed by atoms with Crippen molar-refractivity contribution < 1.29 is 23.9 Å². The minimum atomic E-state index is -0.922. The number of hydrogen-bond acceptors (Lipinski definition) is 5. The van der Waals surface area contributed by atoms with E-state index < -0.39 is 7.12 Å². The Morgan fingerprint density at radius 3 is 2.90 bits per heavy atom. The quantitative estimate of drug-likeness (QED) is 0.857. The van der Waals surface area contributed by atoms with Gasteiger partial charge in [0.15, 0.2) is 6.29 Å². The number of ether oxygens (including phenoxy) is 3. The van der Waals surface area contributed by atoms with Gasteiger partial charge in [-0.05, 0) is 30.8 Å².